The van der Waals surface area contributed by atoms with Gasteiger partial charge >= 0.3 is 0 Å². The molecule has 3 aromatic heterocycles. The molecular weight excluding hydrogens is 517 g/mol. The highest BCUT2D eigenvalue weighted by Gasteiger charge is 2.06. The van der Waals surface area contributed by atoms with Gasteiger partial charge in [-0.2, -0.15) is 0 Å². The van der Waals surface area contributed by atoms with Crippen LogP contribution in [0.5, 0.6) is 0 Å². The topological polar surface area (TPSA) is 88.6 Å². The van der Waals surface area contributed by atoms with Crippen LogP contribution in [0, 0.1) is 0 Å². The van der Waals surface area contributed by atoms with E-state index in [1.165, 1.54) is 0 Å². The van der Waals surface area contributed by atoms with Crippen LogP contribution in [0.15, 0.2) is 82.8 Å². The summed E-state index contributed by atoms with van der Waals surface area (Å²) in [7, 11) is 0. The molecule has 0 bridgehead atoms. The average molecular weight is 543 g/mol. The number of aromatic nitrogens is 4. The Labute approximate surface area is 203 Å². The van der Waals surface area contributed by atoms with E-state index in [-0.39, 0.29) is 29.5 Å². The lowest BCUT2D eigenvalue weighted by Gasteiger charge is -2.11. The van der Waals surface area contributed by atoms with Gasteiger partial charge in [0.05, 0.1) is 19.6 Å². The van der Waals surface area contributed by atoms with Gasteiger partial charge in [-0.1, -0.05) is 36.4 Å². The lowest BCUT2D eigenvalue weighted by Crippen LogP contribution is -2.37. The molecule has 0 aliphatic carbocycles. The first-order valence-corrected chi connectivity index (χ1v) is 10.3. The molecule has 1 aromatic carbocycles. The van der Waals surface area contributed by atoms with E-state index in [4.69, 9.17) is 0 Å². The van der Waals surface area contributed by atoms with Crippen molar-refractivity contribution in [2.45, 2.75) is 26.6 Å². The van der Waals surface area contributed by atoms with Crippen molar-refractivity contribution in [2.24, 2.45) is 4.99 Å². The SMILES string of the molecule is CCNC(=NCc1ccc(Cn2ccccc2=O)cc1)NCc1nnc2ccccn12.I. The summed E-state index contributed by atoms with van der Waals surface area (Å²) in [6.07, 6.45) is 3.75. The highest BCUT2D eigenvalue weighted by molar-refractivity contribution is 14.0. The molecule has 0 unspecified atom stereocenters. The van der Waals surface area contributed by atoms with E-state index < -0.39 is 0 Å². The van der Waals surface area contributed by atoms with E-state index in [9.17, 15) is 4.79 Å². The molecule has 0 atom stereocenters. The first kappa shape index (κ1) is 23.5. The number of guanidine groups is 1. The van der Waals surface area contributed by atoms with Gasteiger partial charge in [-0.3, -0.25) is 9.20 Å². The fourth-order valence-electron chi connectivity index (χ4n) is 3.22. The lowest BCUT2D eigenvalue weighted by atomic mass is 10.1. The Morgan fingerprint density at radius 3 is 2.47 bits per heavy atom. The molecule has 0 saturated carbocycles. The Morgan fingerprint density at radius 1 is 0.938 bits per heavy atom. The quantitative estimate of drug-likeness (QED) is 0.213. The second-order valence-electron chi connectivity index (χ2n) is 7.08. The number of benzene rings is 1. The Hall–Kier alpha value is -3.21. The fraction of sp³-hybridized carbons (Fsp3) is 0.217. The van der Waals surface area contributed by atoms with Crippen LogP contribution in [0.4, 0.5) is 0 Å². The zero-order valence-electron chi connectivity index (χ0n) is 17.8. The number of nitrogens with zero attached hydrogens (tertiary/aromatic N) is 5. The smallest absolute Gasteiger partial charge is 0.250 e. The summed E-state index contributed by atoms with van der Waals surface area (Å²) in [6, 6.07) is 19.2. The molecular formula is C23H26IN7O. The molecule has 3 heterocycles. The van der Waals surface area contributed by atoms with Crippen molar-refractivity contribution >= 4 is 35.6 Å². The summed E-state index contributed by atoms with van der Waals surface area (Å²) >= 11 is 0. The summed E-state index contributed by atoms with van der Waals surface area (Å²) in [6.45, 7) is 4.41. The van der Waals surface area contributed by atoms with Crippen molar-refractivity contribution < 1.29 is 0 Å². The van der Waals surface area contributed by atoms with Gasteiger partial charge in [0.15, 0.2) is 17.4 Å². The van der Waals surface area contributed by atoms with Crippen molar-refractivity contribution in [1.82, 2.24) is 29.8 Å². The molecule has 9 heteroatoms. The van der Waals surface area contributed by atoms with Crippen LogP contribution in [0.1, 0.15) is 23.9 Å². The van der Waals surface area contributed by atoms with Crippen molar-refractivity contribution in [3.8, 4) is 0 Å². The second-order valence-corrected chi connectivity index (χ2v) is 7.08. The van der Waals surface area contributed by atoms with Gasteiger partial charge in [-0.15, -0.1) is 34.2 Å². The molecule has 0 aliphatic heterocycles. The average Bonchev–Trinajstić information content (AvgIpc) is 3.21. The van der Waals surface area contributed by atoms with Crippen molar-refractivity contribution in [2.75, 3.05) is 6.54 Å². The number of hydrogen-bond donors (Lipinski definition) is 2. The third-order valence-electron chi connectivity index (χ3n) is 4.84. The van der Waals surface area contributed by atoms with E-state index in [0.717, 1.165) is 35.1 Å². The predicted molar refractivity (Wildman–Crippen MR) is 136 cm³/mol. The van der Waals surface area contributed by atoms with Gasteiger partial charge in [0, 0.05) is 25.0 Å². The van der Waals surface area contributed by atoms with Gasteiger partial charge in [-0.05, 0) is 36.2 Å². The molecule has 0 amide bonds. The number of aliphatic imine (C=N–C) groups is 1. The van der Waals surface area contributed by atoms with Crippen LogP contribution in [-0.2, 0) is 19.6 Å². The van der Waals surface area contributed by atoms with Gasteiger partial charge in [-0.25, -0.2) is 4.99 Å². The largest absolute Gasteiger partial charge is 0.357 e. The van der Waals surface area contributed by atoms with Crippen LogP contribution >= 0.6 is 24.0 Å². The highest BCUT2D eigenvalue weighted by atomic mass is 127. The fourth-order valence-corrected chi connectivity index (χ4v) is 3.22. The van der Waals surface area contributed by atoms with Crippen LogP contribution in [0.2, 0.25) is 0 Å². The van der Waals surface area contributed by atoms with Gasteiger partial charge in [0.2, 0.25) is 0 Å². The number of halogens is 1. The lowest BCUT2D eigenvalue weighted by molar-refractivity contribution is 0.758. The molecule has 0 spiro atoms. The van der Waals surface area contributed by atoms with Crippen molar-refractivity contribution in [3.63, 3.8) is 0 Å². The zero-order valence-corrected chi connectivity index (χ0v) is 20.1. The minimum Gasteiger partial charge on any atom is -0.357 e. The van der Waals surface area contributed by atoms with Crippen LogP contribution in [0.25, 0.3) is 5.65 Å². The minimum atomic E-state index is -0.00186. The van der Waals surface area contributed by atoms with E-state index in [0.29, 0.717) is 19.6 Å². The Kier molecular flexibility index (Phi) is 8.37. The highest BCUT2D eigenvalue weighted by Crippen LogP contribution is 2.07. The first-order valence-electron chi connectivity index (χ1n) is 10.3. The van der Waals surface area contributed by atoms with E-state index in [1.807, 2.05) is 66.1 Å². The number of rotatable bonds is 7. The van der Waals surface area contributed by atoms with Gasteiger partial charge in [0.1, 0.15) is 0 Å². The Morgan fingerprint density at radius 2 is 1.69 bits per heavy atom. The zero-order chi connectivity index (χ0) is 21.5. The Balaban J connectivity index is 0.00000289. The summed E-state index contributed by atoms with van der Waals surface area (Å²) < 4.78 is 3.64. The first-order chi connectivity index (χ1) is 15.2. The molecule has 0 aliphatic rings. The van der Waals surface area contributed by atoms with Crippen LogP contribution in [-0.4, -0.2) is 31.7 Å². The van der Waals surface area contributed by atoms with Gasteiger partial charge in [0.25, 0.3) is 5.56 Å². The van der Waals surface area contributed by atoms with Gasteiger partial charge < -0.3 is 15.2 Å². The summed E-state index contributed by atoms with van der Waals surface area (Å²) in [5.74, 6) is 1.54. The van der Waals surface area contributed by atoms with Crippen molar-refractivity contribution in [1.29, 1.82) is 0 Å². The maximum Gasteiger partial charge on any atom is 0.250 e. The number of pyridine rings is 2. The molecule has 4 aromatic rings. The standard InChI is InChI=1S/C23H25N7O.HI/c1-2-24-23(26-16-21-28-27-20-7-3-6-14-30(20)21)25-15-18-9-11-19(12-10-18)17-29-13-5-4-8-22(29)31;/h3-14H,2,15-17H2,1H3,(H2,24,25,26);1H. The molecule has 166 valence electrons. The molecule has 4 rings (SSSR count). The summed E-state index contributed by atoms with van der Waals surface area (Å²) in [4.78, 5) is 16.5. The predicted octanol–water partition coefficient (Wildman–Crippen LogP) is 2.81. The maximum absolute atomic E-state index is 11.9. The Bertz CT molecular complexity index is 1230. The van der Waals surface area contributed by atoms with E-state index in [1.54, 1.807) is 22.9 Å². The minimum absolute atomic E-state index is 0. The van der Waals surface area contributed by atoms with E-state index in [2.05, 4.69) is 25.8 Å². The second kappa shape index (κ2) is 11.4. The summed E-state index contributed by atoms with van der Waals surface area (Å²) in [5.41, 5.74) is 2.98. The number of fused-ring (bicyclic) bond motifs is 1. The number of hydrogen-bond acceptors (Lipinski definition) is 4. The molecule has 0 radical (unpaired) electrons. The molecule has 8 nitrogen and oxygen atoms in total. The van der Waals surface area contributed by atoms with Crippen LogP contribution in [0.3, 0.4) is 0 Å². The van der Waals surface area contributed by atoms with Crippen molar-refractivity contribution in [3.05, 3.63) is 100 Å². The molecule has 32 heavy (non-hydrogen) atoms. The molecule has 0 fully saturated rings. The van der Waals surface area contributed by atoms with Crippen LogP contribution < -0.4 is 16.2 Å². The monoisotopic (exact) mass is 543 g/mol. The summed E-state index contributed by atoms with van der Waals surface area (Å²) in [5, 5.41) is 15.0. The maximum atomic E-state index is 11.9. The normalized spacial score (nSPS) is 11.2. The molecule has 2 N–H and O–H groups in total. The third-order valence-corrected chi connectivity index (χ3v) is 4.84. The van der Waals surface area contributed by atoms with E-state index >= 15 is 0 Å². The third kappa shape index (κ3) is 5.94. The number of nitrogens with one attached hydrogen (secondary N) is 2. The molecule has 0 saturated heterocycles.